The number of alkyl halides is 3. The van der Waals surface area contributed by atoms with Gasteiger partial charge in [0.15, 0.2) is 0 Å². The molecule has 0 unspecified atom stereocenters. The second-order valence-electron chi connectivity index (χ2n) is 2.98. The van der Waals surface area contributed by atoms with Gasteiger partial charge in [0, 0.05) is 4.90 Å². The van der Waals surface area contributed by atoms with Crippen molar-refractivity contribution in [3.8, 4) is 6.07 Å². The summed E-state index contributed by atoms with van der Waals surface area (Å²) in [4.78, 5) is 10.9. The fourth-order valence-electron chi connectivity index (χ4n) is 1.12. The Morgan fingerprint density at radius 2 is 2.11 bits per heavy atom. The van der Waals surface area contributed by atoms with Gasteiger partial charge in [-0.3, -0.25) is 0 Å². The summed E-state index contributed by atoms with van der Waals surface area (Å²) in [5, 5.41) is 8.59. The first kappa shape index (κ1) is 14.7. The lowest BCUT2D eigenvalue weighted by Crippen LogP contribution is -2.05. The quantitative estimate of drug-likeness (QED) is 0.618. The molecule has 0 aliphatic heterocycles. The molecule has 0 aliphatic rings. The SMILES string of the molecule is COC(=O)c1cc(SC(F)(F)F)c(C#N)cc1Cl. The zero-order chi connectivity index (χ0) is 13.9. The third kappa shape index (κ3) is 3.55. The number of methoxy groups -OCH3 is 1. The Morgan fingerprint density at radius 3 is 2.56 bits per heavy atom. The number of hydrogen-bond donors (Lipinski definition) is 0. The third-order valence-electron chi connectivity index (χ3n) is 1.82. The molecule has 0 spiro atoms. The smallest absolute Gasteiger partial charge is 0.446 e. The van der Waals surface area contributed by atoms with Crippen molar-refractivity contribution >= 4 is 29.3 Å². The van der Waals surface area contributed by atoms with Crippen LogP contribution in [0.3, 0.4) is 0 Å². The van der Waals surface area contributed by atoms with Crippen LogP contribution >= 0.6 is 23.4 Å². The number of ether oxygens (including phenoxy) is 1. The van der Waals surface area contributed by atoms with Gasteiger partial charge in [0.25, 0.3) is 0 Å². The van der Waals surface area contributed by atoms with Crippen molar-refractivity contribution in [3.05, 3.63) is 28.3 Å². The molecule has 1 aromatic rings. The first-order valence-corrected chi connectivity index (χ1v) is 5.55. The Balaban J connectivity index is 3.32. The Hall–Kier alpha value is -1.39. The molecule has 0 aromatic heterocycles. The number of nitriles is 1. The maximum Gasteiger partial charge on any atom is 0.446 e. The number of rotatable bonds is 2. The van der Waals surface area contributed by atoms with E-state index >= 15 is 0 Å². The Bertz CT molecular complexity index is 525. The predicted molar refractivity (Wildman–Crippen MR) is 59.4 cm³/mol. The minimum absolute atomic E-state index is 0.134. The zero-order valence-corrected chi connectivity index (χ0v) is 10.4. The zero-order valence-electron chi connectivity index (χ0n) is 8.84. The molecule has 18 heavy (non-hydrogen) atoms. The van der Waals surface area contributed by atoms with Crippen LogP contribution in [0.1, 0.15) is 15.9 Å². The van der Waals surface area contributed by atoms with Gasteiger partial charge in [0.05, 0.1) is 23.3 Å². The molecule has 0 heterocycles. The van der Waals surface area contributed by atoms with Crippen molar-refractivity contribution in [3.63, 3.8) is 0 Å². The van der Waals surface area contributed by atoms with Crippen molar-refractivity contribution in [2.75, 3.05) is 7.11 Å². The average molecular weight is 296 g/mol. The molecule has 1 rings (SSSR count). The van der Waals surface area contributed by atoms with Crippen LogP contribution in [0.5, 0.6) is 0 Å². The van der Waals surface area contributed by atoms with E-state index in [1.807, 2.05) is 0 Å². The molecule has 0 atom stereocenters. The second-order valence-corrected chi connectivity index (χ2v) is 4.49. The lowest BCUT2D eigenvalue weighted by Gasteiger charge is -2.10. The number of hydrogen-bond acceptors (Lipinski definition) is 4. The molecular formula is C10H5ClF3NO2S. The number of nitrogens with zero attached hydrogens (tertiary/aromatic N) is 1. The molecule has 0 fully saturated rings. The molecule has 96 valence electrons. The number of halogens is 4. The van der Waals surface area contributed by atoms with Crippen LogP contribution in [0, 0.1) is 11.3 Å². The average Bonchev–Trinajstić information content (AvgIpc) is 2.28. The molecular weight excluding hydrogens is 291 g/mol. The highest BCUT2D eigenvalue weighted by Crippen LogP contribution is 2.40. The van der Waals surface area contributed by atoms with E-state index in [1.165, 1.54) is 0 Å². The van der Waals surface area contributed by atoms with Crippen LogP contribution in [-0.2, 0) is 4.74 Å². The molecule has 0 amide bonds. The lowest BCUT2D eigenvalue weighted by molar-refractivity contribution is -0.0328. The monoisotopic (exact) mass is 295 g/mol. The normalized spacial score (nSPS) is 10.9. The van der Waals surface area contributed by atoms with E-state index in [9.17, 15) is 18.0 Å². The summed E-state index contributed by atoms with van der Waals surface area (Å²) < 4.78 is 41.2. The molecule has 8 heteroatoms. The Kier molecular flexibility index (Phi) is 4.48. The standard InChI is InChI=1S/C10H5ClF3NO2S/c1-17-9(16)6-3-8(18-10(12,13)14)5(4-15)2-7(6)11/h2-3H,1H3. The maximum atomic E-state index is 12.3. The summed E-state index contributed by atoms with van der Waals surface area (Å²) in [6, 6.07) is 3.48. The number of carbonyl (C=O) groups excluding carboxylic acids is 1. The van der Waals surface area contributed by atoms with Crippen LogP contribution in [0.2, 0.25) is 5.02 Å². The van der Waals surface area contributed by atoms with E-state index in [-0.39, 0.29) is 16.1 Å². The van der Waals surface area contributed by atoms with Crippen LogP contribution in [0.15, 0.2) is 17.0 Å². The number of esters is 1. The fraction of sp³-hybridized carbons (Fsp3) is 0.200. The van der Waals surface area contributed by atoms with Gasteiger partial charge in [-0.05, 0) is 23.9 Å². The van der Waals surface area contributed by atoms with Crippen LogP contribution < -0.4 is 0 Å². The number of carbonyl (C=O) groups is 1. The Labute approximate surface area is 109 Å². The molecule has 0 N–H and O–H groups in total. The van der Waals surface area contributed by atoms with E-state index in [0.717, 1.165) is 19.2 Å². The van der Waals surface area contributed by atoms with Crippen LogP contribution in [0.4, 0.5) is 13.2 Å². The van der Waals surface area contributed by atoms with E-state index < -0.39 is 28.1 Å². The van der Waals surface area contributed by atoms with Crippen molar-refractivity contribution in [1.29, 1.82) is 5.26 Å². The summed E-state index contributed by atoms with van der Waals surface area (Å²) in [5.41, 5.74) is -5.03. The predicted octanol–water partition coefficient (Wildman–Crippen LogP) is 3.61. The largest absolute Gasteiger partial charge is 0.465 e. The van der Waals surface area contributed by atoms with Gasteiger partial charge in [-0.1, -0.05) is 11.6 Å². The van der Waals surface area contributed by atoms with E-state index in [2.05, 4.69) is 4.74 Å². The van der Waals surface area contributed by atoms with E-state index in [0.29, 0.717) is 0 Å². The minimum Gasteiger partial charge on any atom is -0.465 e. The first-order chi connectivity index (χ1) is 8.28. The maximum absolute atomic E-state index is 12.3. The van der Waals surface area contributed by atoms with Crippen LogP contribution in [0.25, 0.3) is 0 Å². The van der Waals surface area contributed by atoms with Crippen molar-refractivity contribution in [2.24, 2.45) is 0 Å². The van der Waals surface area contributed by atoms with Crippen molar-refractivity contribution in [1.82, 2.24) is 0 Å². The van der Waals surface area contributed by atoms with E-state index in [1.54, 1.807) is 6.07 Å². The highest BCUT2D eigenvalue weighted by molar-refractivity contribution is 8.00. The van der Waals surface area contributed by atoms with Gasteiger partial charge in [-0.2, -0.15) is 18.4 Å². The van der Waals surface area contributed by atoms with E-state index in [4.69, 9.17) is 16.9 Å². The van der Waals surface area contributed by atoms with Crippen molar-refractivity contribution < 1.29 is 22.7 Å². The summed E-state index contributed by atoms with van der Waals surface area (Å²) in [5.74, 6) is -0.867. The van der Waals surface area contributed by atoms with Gasteiger partial charge < -0.3 is 4.74 Å². The molecule has 0 bridgehead atoms. The summed E-state index contributed by atoms with van der Waals surface area (Å²) in [6.07, 6.45) is 0. The third-order valence-corrected chi connectivity index (χ3v) is 2.92. The fourth-order valence-corrected chi connectivity index (χ4v) is 2.00. The summed E-state index contributed by atoms with van der Waals surface area (Å²) in [6.45, 7) is 0. The lowest BCUT2D eigenvalue weighted by atomic mass is 10.1. The highest BCUT2D eigenvalue weighted by Gasteiger charge is 2.31. The second kappa shape index (κ2) is 5.50. The van der Waals surface area contributed by atoms with Gasteiger partial charge in [0.2, 0.25) is 0 Å². The molecule has 1 aromatic carbocycles. The summed E-state index contributed by atoms with van der Waals surface area (Å²) >= 11 is 5.20. The molecule has 0 aliphatic carbocycles. The molecule has 0 saturated carbocycles. The van der Waals surface area contributed by atoms with Gasteiger partial charge in [-0.15, -0.1) is 0 Å². The first-order valence-electron chi connectivity index (χ1n) is 4.36. The van der Waals surface area contributed by atoms with Crippen LogP contribution in [-0.4, -0.2) is 18.6 Å². The molecule has 3 nitrogen and oxygen atoms in total. The van der Waals surface area contributed by atoms with Crippen molar-refractivity contribution in [2.45, 2.75) is 10.4 Å². The highest BCUT2D eigenvalue weighted by atomic mass is 35.5. The van der Waals surface area contributed by atoms with Gasteiger partial charge in [0.1, 0.15) is 6.07 Å². The number of benzene rings is 1. The topological polar surface area (TPSA) is 50.1 Å². The molecule has 0 saturated heterocycles. The minimum atomic E-state index is -4.56. The molecule has 0 radical (unpaired) electrons. The summed E-state index contributed by atoms with van der Waals surface area (Å²) in [7, 11) is 1.08. The number of thioether (sulfide) groups is 1. The van der Waals surface area contributed by atoms with Gasteiger partial charge >= 0.3 is 11.5 Å². The Morgan fingerprint density at radius 1 is 1.50 bits per heavy atom. The van der Waals surface area contributed by atoms with Gasteiger partial charge in [-0.25, -0.2) is 4.79 Å².